The largest absolute Gasteiger partial charge is 0.416 e. The van der Waals surface area contributed by atoms with E-state index in [1.54, 1.807) is 6.92 Å². The van der Waals surface area contributed by atoms with E-state index in [1.807, 2.05) is 6.92 Å². The molecule has 0 heterocycles. The van der Waals surface area contributed by atoms with E-state index >= 15 is 0 Å². The summed E-state index contributed by atoms with van der Waals surface area (Å²) in [5, 5.41) is 2.58. The van der Waals surface area contributed by atoms with Gasteiger partial charge < -0.3 is 11.1 Å². The van der Waals surface area contributed by atoms with E-state index in [1.165, 1.54) is 12.1 Å². The fourth-order valence-electron chi connectivity index (χ4n) is 1.42. The second-order valence-electron chi connectivity index (χ2n) is 4.65. The first-order valence-corrected chi connectivity index (χ1v) is 5.91. The highest BCUT2D eigenvalue weighted by Gasteiger charge is 2.31. The van der Waals surface area contributed by atoms with Gasteiger partial charge in [0.25, 0.3) is 0 Å². The third kappa shape index (κ3) is 3.70. The Labute approximate surface area is 110 Å². The van der Waals surface area contributed by atoms with Crippen molar-refractivity contribution in [2.45, 2.75) is 26.4 Å². The van der Waals surface area contributed by atoms with Gasteiger partial charge in [0.1, 0.15) is 0 Å². The van der Waals surface area contributed by atoms with Gasteiger partial charge in [-0.2, -0.15) is 13.2 Å². The Bertz CT molecular complexity index is 436. The number of amides is 1. The van der Waals surface area contributed by atoms with Crippen LogP contribution in [0.25, 0.3) is 0 Å². The molecule has 0 aliphatic rings. The van der Waals surface area contributed by atoms with E-state index in [9.17, 15) is 18.0 Å². The van der Waals surface area contributed by atoms with E-state index in [0.29, 0.717) is 12.1 Å². The average molecular weight is 274 g/mol. The van der Waals surface area contributed by atoms with Gasteiger partial charge in [0.05, 0.1) is 11.0 Å². The Hall–Kier alpha value is -1.56. The predicted octanol–water partition coefficient (Wildman–Crippen LogP) is 3.02. The van der Waals surface area contributed by atoms with Gasteiger partial charge in [0.2, 0.25) is 5.91 Å². The molecule has 1 aromatic carbocycles. The summed E-state index contributed by atoms with van der Waals surface area (Å²) in [6.07, 6.45) is -3.83. The minimum Gasteiger partial charge on any atom is -0.329 e. The van der Waals surface area contributed by atoms with Crippen molar-refractivity contribution in [2.75, 3.05) is 11.9 Å². The number of nitrogens with one attached hydrogen (secondary N) is 1. The van der Waals surface area contributed by atoms with Crippen molar-refractivity contribution in [2.24, 2.45) is 11.1 Å². The third-order valence-corrected chi connectivity index (χ3v) is 3.25. The highest BCUT2D eigenvalue weighted by atomic mass is 19.4. The molecule has 0 aliphatic carbocycles. The lowest BCUT2D eigenvalue weighted by molar-refractivity contribution is -0.137. The van der Waals surface area contributed by atoms with Gasteiger partial charge in [-0.15, -0.1) is 0 Å². The summed E-state index contributed by atoms with van der Waals surface area (Å²) < 4.78 is 37.1. The second-order valence-corrected chi connectivity index (χ2v) is 4.65. The van der Waals surface area contributed by atoms with Crippen LogP contribution in [-0.2, 0) is 11.0 Å². The zero-order chi connectivity index (χ0) is 14.7. The number of anilines is 1. The molecule has 1 aromatic rings. The highest BCUT2D eigenvalue weighted by molar-refractivity contribution is 5.95. The quantitative estimate of drug-likeness (QED) is 0.886. The molecule has 1 amide bonds. The summed E-state index contributed by atoms with van der Waals surface area (Å²) in [5.74, 6) is -0.294. The van der Waals surface area contributed by atoms with E-state index in [-0.39, 0.29) is 12.5 Å². The van der Waals surface area contributed by atoms with Crippen LogP contribution in [0, 0.1) is 5.41 Å². The molecule has 3 N–H and O–H groups in total. The van der Waals surface area contributed by atoms with Crippen molar-refractivity contribution in [1.29, 1.82) is 0 Å². The molecule has 19 heavy (non-hydrogen) atoms. The van der Waals surface area contributed by atoms with Crippen LogP contribution in [0.1, 0.15) is 25.8 Å². The lowest BCUT2D eigenvalue weighted by Gasteiger charge is -2.25. The maximum absolute atomic E-state index is 12.4. The summed E-state index contributed by atoms with van der Waals surface area (Å²) in [5.41, 5.74) is 4.40. The Kier molecular flexibility index (Phi) is 4.57. The molecule has 0 fully saturated rings. The average Bonchev–Trinajstić information content (AvgIpc) is 2.37. The van der Waals surface area contributed by atoms with Crippen LogP contribution >= 0.6 is 0 Å². The number of alkyl halides is 3. The summed E-state index contributed by atoms with van der Waals surface area (Å²) in [4.78, 5) is 12.0. The van der Waals surface area contributed by atoms with Crippen molar-refractivity contribution in [3.05, 3.63) is 29.8 Å². The van der Waals surface area contributed by atoms with Crippen molar-refractivity contribution in [1.82, 2.24) is 0 Å². The van der Waals surface area contributed by atoms with Crippen LogP contribution in [0.4, 0.5) is 18.9 Å². The van der Waals surface area contributed by atoms with Crippen LogP contribution in [-0.4, -0.2) is 12.5 Å². The zero-order valence-electron chi connectivity index (χ0n) is 10.8. The van der Waals surface area contributed by atoms with E-state index < -0.39 is 17.2 Å². The number of benzene rings is 1. The minimum absolute atomic E-state index is 0.177. The molecule has 0 bridgehead atoms. The first-order valence-electron chi connectivity index (χ1n) is 5.91. The molecular formula is C13H17F3N2O. The van der Waals surface area contributed by atoms with Gasteiger partial charge >= 0.3 is 6.18 Å². The number of rotatable bonds is 4. The molecule has 0 spiro atoms. The molecule has 0 radical (unpaired) electrons. The smallest absolute Gasteiger partial charge is 0.329 e. The molecule has 106 valence electrons. The standard InChI is InChI=1S/C13H17F3N2O/c1-3-12(2,8-17)11(19)18-10-6-4-9(5-7-10)13(14,15)16/h4-7H,3,8,17H2,1-2H3,(H,18,19). The van der Waals surface area contributed by atoms with Crippen LogP contribution in [0.2, 0.25) is 0 Å². The van der Waals surface area contributed by atoms with Crippen LogP contribution in [0.5, 0.6) is 0 Å². The zero-order valence-corrected chi connectivity index (χ0v) is 10.8. The molecule has 0 saturated carbocycles. The summed E-state index contributed by atoms with van der Waals surface area (Å²) >= 11 is 0. The summed E-state index contributed by atoms with van der Waals surface area (Å²) in [6, 6.07) is 4.32. The summed E-state index contributed by atoms with van der Waals surface area (Å²) in [7, 11) is 0. The van der Waals surface area contributed by atoms with Crippen LogP contribution < -0.4 is 11.1 Å². The fraction of sp³-hybridized carbons (Fsp3) is 0.462. The Morgan fingerprint density at radius 2 is 1.79 bits per heavy atom. The van der Waals surface area contributed by atoms with Crippen molar-refractivity contribution >= 4 is 11.6 Å². The molecule has 1 unspecified atom stereocenters. The molecular weight excluding hydrogens is 257 g/mol. The third-order valence-electron chi connectivity index (χ3n) is 3.25. The molecule has 6 heteroatoms. The van der Waals surface area contributed by atoms with Gasteiger partial charge in [0, 0.05) is 12.2 Å². The molecule has 1 rings (SSSR count). The molecule has 0 aromatic heterocycles. The Balaban J connectivity index is 2.82. The highest BCUT2D eigenvalue weighted by Crippen LogP contribution is 2.30. The lowest BCUT2D eigenvalue weighted by Crippen LogP contribution is -2.39. The molecule has 3 nitrogen and oxygen atoms in total. The van der Waals surface area contributed by atoms with Crippen molar-refractivity contribution in [3.8, 4) is 0 Å². The maximum atomic E-state index is 12.4. The number of halogens is 3. The van der Waals surface area contributed by atoms with Crippen molar-refractivity contribution in [3.63, 3.8) is 0 Å². The van der Waals surface area contributed by atoms with E-state index in [0.717, 1.165) is 12.1 Å². The Morgan fingerprint density at radius 3 is 2.16 bits per heavy atom. The predicted molar refractivity (Wildman–Crippen MR) is 67.5 cm³/mol. The Morgan fingerprint density at radius 1 is 1.26 bits per heavy atom. The molecule has 0 aliphatic heterocycles. The van der Waals surface area contributed by atoms with E-state index in [2.05, 4.69) is 5.32 Å². The van der Waals surface area contributed by atoms with Gasteiger partial charge in [-0.05, 0) is 37.6 Å². The first-order chi connectivity index (χ1) is 8.73. The fourth-order valence-corrected chi connectivity index (χ4v) is 1.42. The number of carbonyl (C=O) groups excluding carboxylic acids is 1. The van der Waals surface area contributed by atoms with Gasteiger partial charge in [-0.3, -0.25) is 4.79 Å². The van der Waals surface area contributed by atoms with Gasteiger partial charge in [-0.25, -0.2) is 0 Å². The van der Waals surface area contributed by atoms with E-state index in [4.69, 9.17) is 5.73 Å². The number of hydrogen-bond donors (Lipinski definition) is 2. The minimum atomic E-state index is -4.38. The molecule has 1 atom stereocenters. The van der Waals surface area contributed by atoms with Gasteiger partial charge in [0.15, 0.2) is 0 Å². The van der Waals surface area contributed by atoms with Crippen LogP contribution in [0.3, 0.4) is 0 Å². The summed E-state index contributed by atoms with van der Waals surface area (Å²) in [6.45, 7) is 3.72. The monoisotopic (exact) mass is 274 g/mol. The second kappa shape index (κ2) is 5.61. The first kappa shape index (κ1) is 15.5. The maximum Gasteiger partial charge on any atom is 0.416 e. The topological polar surface area (TPSA) is 55.1 Å². The van der Waals surface area contributed by atoms with Crippen molar-refractivity contribution < 1.29 is 18.0 Å². The van der Waals surface area contributed by atoms with Crippen LogP contribution in [0.15, 0.2) is 24.3 Å². The number of hydrogen-bond acceptors (Lipinski definition) is 2. The number of carbonyl (C=O) groups is 1. The van der Waals surface area contributed by atoms with Gasteiger partial charge in [-0.1, -0.05) is 6.92 Å². The SMILES string of the molecule is CCC(C)(CN)C(=O)Nc1ccc(C(F)(F)F)cc1. The normalized spacial score (nSPS) is 14.8. The lowest BCUT2D eigenvalue weighted by atomic mass is 9.86. The number of nitrogens with two attached hydrogens (primary N) is 1. The molecule has 0 saturated heterocycles.